The molecule has 0 aliphatic carbocycles. The molecule has 6 heteroatoms. The Labute approximate surface area is 119 Å². The van der Waals surface area contributed by atoms with Gasteiger partial charge >= 0.3 is 0 Å². The van der Waals surface area contributed by atoms with Gasteiger partial charge in [0.2, 0.25) is 5.13 Å². The molecule has 0 radical (unpaired) electrons. The first kappa shape index (κ1) is 14.7. The number of hydrogen-bond acceptors (Lipinski definition) is 6. The zero-order valence-electron chi connectivity index (χ0n) is 11.8. The lowest BCUT2D eigenvalue weighted by Gasteiger charge is -2.30. The Morgan fingerprint density at radius 2 is 2.16 bits per heavy atom. The van der Waals surface area contributed by atoms with Gasteiger partial charge in [-0.1, -0.05) is 13.8 Å². The molecule has 0 saturated carbocycles. The Balaban J connectivity index is 1.66. The minimum absolute atomic E-state index is 0.342. The Morgan fingerprint density at radius 1 is 1.42 bits per heavy atom. The lowest BCUT2D eigenvalue weighted by molar-refractivity contribution is 0.134. The number of nitrogens with zero attached hydrogens (tertiary/aromatic N) is 3. The fraction of sp³-hybridized carbons (Fsp3) is 0.846. The molecule has 19 heavy (non-hydrogen) atoms. The van der Waals surface area contributed by atoms with Crippen LogP contribution in [0, 0.1) is 5.92 Å². The number of nitrogens with one attached hydrogen (secondary N) is 1. The van der Waals surface area contributed by atoms with Gasteiger partial charge in [0.1, 0.15) is 5.82 Å². The molecule has 0 spiro atoms. The highest BCUT2D eigenvalue weighted by molar-refractivity contribution is 7.09. The Kier molecular flexibility index (Phi) is 5.54. The molecule has 2 heterocycles. The average Bonchev–Trinajstić information content (AvgIpc) is 2.89. The Bertz CT molecular complexity index is 374. The second kappa shape index (κ2) is 7.17. The monoisotopic (exact) mass is 284 g/mol. The van der Waals surface area contributed by atoms with Crippen molar-refractivity contribution < 1.29 is 5.11 Å². The summed E-state index contributed by atoms with van der Waals surface area (Å²) in [6.07, 6.45) is 2.24. The number of aliphatic hydroxyl groups excluding tert-OH is 1. The van der Waals surface area contributed by atoms with Crippen LogP contribution in [0.1, 0.15) is 38.4 Å². The van der Waals surface area contributed by atoms with Crippen molar-refractivity contribution in [3.05, 3.63) is 5.82 Å². The summed E-state index contributed by atoms with van der Waals surface area (Å²) >= 11 is 1.44. The number of rotatable bonds is 6. The van der Waals surface area contributed by atoms with Crippen LogP contribution in [0.15, 0.2) is 0 Å². The molecule has 0 unspecified atom stereocenters. The smallest absolute Gasteiger partial charge is 0.202 e. The molecule has 2 N–H and O–H groups in total. The molecule has 0 bridgehead atoms. The predicted molar refractivity (Wildman–Crippen MR) is 78.7 cm³/mol. The highest BCUT2D eigenvalue weighted by atomic mass is 32.1. The molecule has 0 aromatic carbocycles. The van der Waals surface area contributed by atoms with Crippen LogP contribution < -0.4 is 5.32 Å². The van der Waals surface area contributed by atoms with Crippen molar-refractivity contribution in [2.24, 2.45) is 5.92 Å². The quantitative estimate of drug-likeness (QED) is 0.834. The number of hydrogen-bond donors (Lipinski definition) is 2. The Morgan fingerprint density at radius 3 is 2.74 bits per heavy atom. The van der Waals surface area contributed by atoms with Crippen LogP contribution >= 0.6 is 11.5 Å². The van der Waals surface area contributed by atoms with Gasteiger partial charge in [-0.15, -0.1) is 0 Å². The van der Waals surface area contributed by atoms with Gasteiger partial charge < -0.3 is 15.3 Å². The van der Waals surface area contributed by atoms with Crippen molar-refractivity contribution >= 4 is 16.7 Å². The van der Waals surface area contributed by atoms with Crippen molar-refractivity contribution in [2.45, 2.75) is 32.6 Å². The molecule has 108 valence electrons. The van der Waals surface area contributed by atoms with Crippen molar-refractivity contribution in [3.63, 3.8) is 0 Å². The zero-order valence-corrected chi connectivity index (χ0v) is 12.6. The van der Waals surface area contributed by atoms with Gasteiger partial charge in [-0.25, -0.2) is 4.98 Å². The fourth-order valence-corrected chi connectivity index (χ4v) is 2.99. The number of aromatic nitrogens is 2. The van der Waals surface area contributed by atoms with Crippen LogP contribution in [0.3, 0.4) is 0 Å². The van der Waals surface area contributed by atoms with Gasteiger partial charge in [0.15, 0.2) is 0 Å². The SMILES string of the molecule is CC(C)c1nsc(NCCN2CCC(CO)CC2)n1. The zero-order chi connectivity index (χ0) is 13.7. The maximum absolute atomic E-state index is 9.10. The van der Waals surface area contributed by atoms with Crippen molar-refractivity contribution in [2.75, 3.05) is 38.1 Å². The number of piperidine rings is 1. The fourth-order valence-electron chi connectivity index (χ4n) is 2.25. The largest absolute Gasteiger partial charge is 0.396 e. The minimum atomic E-state index is 0.342. The molecule has 1 aromatic heterocycles. The van der Waals surface area contributed by atoms with E-state index in [0.29, 0.717) is 18.4 Å². The van der Waals surface area contributed by atoms with E-state index in [1.165, 1.54) is 11.5 Å². The number of aliphatic hydroxyl groups is 1. The molecule has 5 nitrogen and oxygen atoms in total. The number of likely N-dealkylation sites (tertiary alicyclic amines) is 1. The van der Waals surface area contributed by atoms with Crippen LogP contribution in [0.2, 0.25) is 0 Å². The van der Waals surface area contributed by atoms with Crippen LogP contribution in [0.25, 0.3) is 0 Å². The van der Waals surface area contributed by atoms with Gasteiger partial charge in [0.25, 0.3) is 0 Å². The van der Waals surface area contributed by atoms with Gasteiger partial charge in [-0.2, -0.15) is 4.37 Å². The molecular weight excluding hydrogens is 260 g/mol. The minimum Gasteiger partial charge on any atom is -0.396 e. The molecule has 1 aromatic rings. The van der Waals surface area contributed by atoms with Gasteiger partial charge in [0.05, 0.1) is 0 Å². The van der Waals surface area contributed by atoms with Crippen molar-refractivity contribution in [1.82, 2.24) is 14.3 Å². The van der Waals surface area contributed by atoms with E-state index >= 15 is 0 Å². The van der Waals surface area contributed by atoms with Crippen LogP contribution in [0.5, 0.6) is 0 Å². The van der Waals surface area contributed by atoms with Crippen LogP contribution in [-0.2, 0) is 0 Å². The average molecular weight is 284 g/mol. The van der Waals surface area contributed by atoms with Crippen LogP contribution in [0.4, 0.5) is 5.13 Å². The third-order valence-electron chi connectivity index (χ3n) is 3.63. The topological polar surface area (TPSA) is 61.3 Å². The Hall–Kier alpha value is -0.720. The van der Waals surface area contributed by atoms with Gasteiger partial charge in [-0.3, -0.25) is 0 Å². The van der Waals surface area contributed by atoms with Gasteiger partial charge in [-0.05, 0) is 31.8 Å². The van der Waals surface area contributed by atoms with E-state index in [0.717, 1.165) is 50.0 Å². The summed E-state index contributed by atoms with van der Waals surface area (Å²) in [7, 11) is 0. The van der Waals surface area contributed by atoms with E-state index in [1.807, 2.05) is 0 Å². The molecule has 1 fully saturated rings. The maximum atomic E-state index is 9.10. The summed E-state index contributed by atoms with van der Waals surface area (Å²) in [5, 5.41) is 13.4. The summed E-state index contributed by atoms with van der Waals surface area (Å²) in [6, 6.07) is 0. The lowest BCUT2D eigenvalue weighted by atomic mass is 9.98. The highest BCUT2D eigenvalue weighted by Gasteiger charge is 2.17. The number of anilines is 1. The van der Waals surface area contributed by atoms with E-state index in [-0.39, 0.29) is 0 Å². The van der Waals surface area contributed by atoms with Crippen molar-refractivity contribution in [1.29, 1.82) is 0 Å². The normalized spacial score (nSPS) is 18.1. The molecule has 2 rings (SSSR count). The van der Waals surface area contributed by atoms with Gasteiger partial charge in [0, 0.05) is 37.1 Å². The molecule has 1 saturated heterocycles. The molecule has 1 aliphatic heterocycles. The second-order valence-electron chi connectivity index (χ2n) is 5.51. The van der Waals surface area contributed by atoms with E-state index in [4.69, 9.17) is 5.11 Å². The molecular formula is C13H24N4OS. The summed E-state index contributed by atoms with van der Waals surface area (Å²) in [6.45, 7) is 8.70. The first-order chi connectivity index (χ1) is 9.19. The van der Waals surface area contributed by atoms with E-state index in [1.54, 1.807) is 0 Å². The first-order valence-corrected chi connectivity index (χ1v) is 7.87. The first-order valence-electron chi connectivity index (χ1n) is 7.09. The summed E-state index contributed by atoms with van der Waals surface area (Å²) < 4.78 is 4.33. The van der Waals surface area contributed by atoms with E-state index < -0.39 is 0 Å². The third kappa shape index (κ3) is 4.40. The molecule has 1 aliphatic rings. The van der Waals surface area contributed by atoms with Crippen LogP contribution in [-0.4, -0.2) is 52.1 Å². The second-order valence-corrected chi connectivity index (χ2v) is 6.26. The molecule has 0 atom stereocenters. The standard InChI is InChI=1S/C13H24N4OS/c1-10(2)12-15-13(19-16-12)14-5-8-17-6-3-11(9-18)4-7-17/h10-11,18H,3-9H2,1-2H3,(H,14,15,16). The van der Waals surface area contributed by atoms with E-state index in [9.17, 15) is 0 Å². The lowest BCUT2D eigenvalue weighted by Crippen LogP contribution is -2.37. The highest BCUT2D eigenvalue weighted by Crippen LogP contribution is 2.18. The summed E-state index contributed by atoms with van der Waals surface area (Å²) in [5.74, 6) is 1.83. The van der Waals surface area contributed by atoms with E-state index in [2.05, 4.69) is 33.4 Å². The van der Waals surface area contributed by atoms with Crippen molar-refractivity contribution in [3.8, 4) is 0 Å². The third-order valence-corrected chi connectivity index (χ3v) is 4.31. The maximum Gasteiger partial charge on any atom is 0.202 e. The summed E-state index contributed by atoms with van der Waals surface area (Å²) in [4.78, 5) is 6.91. The predicted octanol–water partition coefficient (Wildman–Crippen LogP) is 1.78. The molecule has 0 amide bonds. The summed E-state index contributed by atoms with van der Waals surface area (Å²) in [5.41, 5.74) is 0.